The fraction of sp³-hybridized carbons (Fsp3) is 0.438. The highest BCUT2D eigenvalue weighted by Gasteiger charge is 2.32. The van der Waals surface area contributed by atoms with E-state index in [0.717, 1.165) is 38.9 Å². The number of methoxy groups -OCH3 is 2. The molecule has 1 aromatic heterocycles. The Bertz CT molecular complexity index is 1290. The number of hydrogen-bond acceptors (Lipinski definition) is 7. The highest BCUT2D eigenvalue weighted by atomic mass is 32.1. The van der Waals surface area contributed by atoms with Gasteiger partial charge in [-0.3, -0.25) is 9.59 Å². The predicted octanol–water partition coefficient (Wildman–Crippen LogP) is 7.64. The molecule has 6 nitrogen and oxygen atoms in total. The van der Waals surface area contributed by atoms with Gasteiger partial charge in [0.1, 0.15) is 16.4 Å². The summed E-state index contributed by atoms with van der Waals surface area (Å²) >= 11 is 1.38. The molecule has 0 saturated carbocycles. The number of hydrogen-bond donors (Lipinski definition) is 0. The van der Waals surface area contributed by atoms with Gasteiger partial charge in [-0.15, -0.1) is 11.3 Å². The van der Waals surface area contributed by atoms with Gasteiger partial charge in [-0.25, -0.2) is 0 Å². The van der Waals surface area contributed by atoms with Gasteiger partial charge in [0.05, 0.1) is 40.0 Å². The van der Waals surface area contributed by atoms with Gasteiger partial charge < -0.3 is 18.9 Å². The molecule has 0 bridgehead atoms. The van der Waals surface area contributed by atoms with Crippen LogP contribution in [0.1, 0.15) is 56.6 Å². The van der Waals surface area contributed by atoms with Gasteiger partial charge in [0.2, 0.25) is 0 Å². The van der Waals surface area contributed by atoms with Crippen molar-refractivity contribution in [1.82, 2.24) is 0 Å². The summed E-state index contributed by atoms with van der Waals surface area (Å²) in [6.07, 6.45) is 0. The number of carbonyl (C=O) groups is 2. The first-order chi connectivity index (χ1) is 18.9. The summed E-state index contributed by atoms with van der Waals surface area (Å²) in [5.74, 6) is 0.288. The molecule has 1 heterocycles. The Morgan fingerprint density at radius 3 is 2.23 bits per heavy atom. The van der Waals surface area contributed by atoms with E-state index in [1.807, 2.05) is 37.3 Å². The summed E-state index contributed by atoms with van der Waals surface area (Å²) < 4.78 is 22.6. The maximum absolute atomic E-state index is 13.3. The molecule has 0 unspecified atom stereocenters. The van der Waals surface area contributed by atoms with Crippen molar-refractivity contribution in [2.75, 3.05) is 20.8 Å². The van der Waals surface area contributed by atoms with E-state index in [4.69, 9.17) is 18.9 Å². The molecule has 2 aromatic carbocycles. The largest absolute Gasteiger partial charge is 0.497 e. The quantitative estimate of drug-likeness (QED) is 0.110. The van der Waals surface area contributed by atoms with Crippen molar-refractivity contribution in [2.45, 2.75) is 65.6 Å². The minimum absolute atomic E-state index is 0.0613. The SMILES string of the molecule is COc1ccc(COCc2cc([C@H](c3cc(OC)c(C(C)=O)s3)[C@H](C)C(=O)OCC[Si](C)(C)C)ccc2C)cc1. The molecular formula is C32H42O6SSi. The second kappa shape index (κ2) is 14.1. The second-order valence-corrected chi connectivity index (χ2v) is 18.1. The molecule has 216 valence electrons. The van der Waals surface area contributed by atoms with Crippen LogP contribution in [0.15, 0.2) is 48.5 Å². The molecule has 0 saturated heterocycles. The van der Waals surface area contributed by atoms with Crippen LogP contribution in [-0.4, -0.2) is 40.7 Å². The fourth-order valence-corrected chi connectivity index (χ4v) is 6.38. The minimum atomic E-state index is -1.34. The van der Waals surface area contributed by atoms with Gasteiger partial charge in [-0.2, -0.15) is 0 Å². The number of ketones is 1. The highest BCUT2D eigenvalue weighted by molar-refractivity contribution is 7.14. The summed E-state index contributed by atoms with van der Waals surface area (Å²) in [5, 5.41) is 0. The summed E-state index contributed by atoms with van der Waals surface area (Å²) in [6, 6.07) is 16.9. The normalized spacial score (nSPS) is 13.0. The zero-order valence-electron chi connectivity index (χ0n) is 25.0. The van der Waals surface area contributed by atoms with Crippen LogP contribution in [0.2, 0.25) is 25.7 Å². The number of ether oxygens (including phenoxy) is 4. The van der Waals surface area contributed by atoms with E-state index in [9.17, 15) is 9.59 Å². The molecule has 2 atom stereocenters. The summed E-state index contributed by atoms with van der Waals surface area (Å²) in [4.78, 5) is 27.1. The van der Waals surface area contributed by atoms with E-state index in [2.05, 4.69) is 44.8 Å². The molecule has 0 fully saturated rings. The number of thiophene rings is 1. The molecule has 0 aliphatic carbocycles. The van der Waals surface area contributed by atoms with E-state index in [1.165, 1.54) is 18.3 Å². The first kappa shape index (κ1) is 31.6. The van der Waals surface area contributed by atoms with Crippen molar-refractivity contribution in [3.8, 4) is 11.5 Å². The van der Waals surface area contributed by atoms with Crippen LogP contribution in [0.3, 0.4) is 0 Å². The number of benzene rings is 2. The molecule has 40 heavy (non-hydrogen) atoms. The van der Waals surface area contributed by atoms with Crippen LogP contribution >= 0.6 is 11.3 Å². The van der Waals surface area contributed by atoms with Gasteiger partial charge in [0.25, 0.3) is 0 Å². The molecule has 0 N–H and O–H groups in total. The molecule has 0 aliphatic heterocycles. The maximum Gasteiger partial charge on any atom is 0.309 e. The first-order valence-corrected chi connectivity index (χ1v) is 18.1. The van der Waals surface area contributed by atoms with Gasteiger partial charge in [-0.1, -0.05) is 56.9 Å². The molecular weight excluding hydrogens is 540 g/mol. The smallest absolute Gasteiger partial charge is 0.309 e. The fourth-order valence-electron chi connectivity index (χ4n) is 4.41. The molecule has 8 heteroatoms. The average molecular weight is 583 g/mol. The van der Waals surface area contributed by atoms with E-state index in [0.29, 0.717) is 30.4 Å². The van der Waals surface area contributed by atoms with Crippen LogP contribution in [0.4, 0.5) is 0 Å². The number of aryl methyl sites for hydroxylation is 1. The zero-order valence-corrected chi connectivity index (χ0v) is 26.8. The summed E-state index contributed by atoms with van der Waals surface area (Å²) in [5.41, 5.74) is 4.19. The summed E-state index contributed by atoms with van der Waals surface area (Å²) in [6.45, 7) is 13.6. The van der Waals surface area contributed by atoms with Gasteiger partial charge in [0.15, 0.2) is 5.78 Å². The van der Waals surface area contributed by atoms with E-state index in [1.54, 1.807) is 14.2 Å². The van der Waals surface area contributed by atoms with Crippen molar-refractivity contribution in [2.24, 2.45) is 5.92 Å². The lowest BCUT2D eigenvalue weighted by atomic mass is 9.84. The predicted molar refractivity (Wildman–Crippen MR) is 164 cm³/mol. The zero-order chi connectivity index (χ0) is 29.4. The van der Waals surface area contributed by atoms with Crippen molar-refractivity contribution >= 4 is 31.2 Å². The van der Waals surface area contributed by atoms with Crippen molar-refractivity contribution in [3.63, 3.8) is 0 Å². The topological polar surface area (TPSA) is 71.1 Å². The van der Waals surface area contributed by atoms with Gasteiger partial charge >= 0.3 is 5.97 Å². The molecule has 0 aliphatic rings. The molecule has 3 aromatic rings. The van der Waals surface area contributed by atoms with Gasteiger partial charge in [0, 0.05) is 25.8 Å². The van der Waals surface area contributed by atoms with Crippen LogP contribution in [0, 0.1) is 12.8 Å². The van der Waals surface area contributed by atoms with Crippen molar-refractivity contribution < 1.29 is 28.5 Å². The highest BCUT2D eigenvalue weighted by Crippen LogP contribution is 2.42. The van der Waals surface area contributed by atoms with Crippen molar-refractivity contribution in [3.05, 3.63) is 80.5 Å². The number of Topliss-reactive ketones (excluding diaryl/α,β-unsaturated/α-hetero) is 1. The second-order valence-electron chi connectivity index (χ2n) is 11.4. The molecule has 0 amide bonds. The first-order valence-electron chi connectivity index (χ1n) is 13.6. The lowest BCUT2D eigenvalue weighted by molar-refractivity contribution is -0.147. The molecule has 3 rings (SSSR count). The number of carbonyl (C=O) groups excluding carboxylic acids is 2. The molecule has 0 radical (unpaired) electrons. The number of rotatable bonds is 14. The van der Waals surface area contributed by atoms with E-state index >= 15 is 0 Å². The lowest BCUT2D eigenvalue weighted by Crippen LogP contribution is -2.26. The minimum Gasteiger partial charge on any atom is -0.497 e. The Labute approximate surface area is 243 Å². The molecule has 0 spiro atoms. The lowest BCUT2D eigenvalue weighted by Gasteiger charge is -2.24. The third kappa shape index (κ3) is 8.53. The Morgan fingerprint density at radius 1 is 0.950 bits per heavy atom. The summed E-state index contributed by atoms with van der Waals surface area (Å²) in [7, 11) is 1.87. The van der Waals surface area contributed by atoms with Crippen LogP contribution in [0.5, 0.6) is 11.5 Å². The third-order valence-corrected chi connectivity index (χ3v) is 9.95. The van der Waals surface area contributed by atoms with Crippen LogP contribution in [-0.2, 0) is 27.5 Å². The standard InChI is InChI=1S/C32H42O6SSi/c1-21-9-12-25(17-26(21)20-37-19-24-10-13-27(35-4)14-11-24)30(22(2)32(34)38-15-16-40(6,7)8)29-18-28(36-5)31(39-29)23(3)33/h9-14,17-18,22,30H,15-16,19-20H2,1-8H3/t22-,30+/m0/s1. The number of esters is 1. The van der Waals surface area contributed by atoms with E-state index < -0.39 is 14.0 Å². The Hall–Kier alpha value is -2.94. The van der Waals surface area contributed by atoms with Crippen LogP contribution < -0.4 is 9.47 Å². The van der Waals surface area contributed by atoms with E-state index in [-0.39, 0.29) is 17.7 Å². The maximum atomic E-state index is 13.3. The Morgan fingerprint density at radius 2 is 1.65 bits per heavy atom. The monoisotopic (exact) mass is 582 g/mol. The Kier molecular flexibility index (Phi) is 11.1. The van der Waals surface area contributed by atoms with Crippen LogP contribution in [0.25, 0.3) is 0 Å². The van der Waals surface area contributed by atoms with Gasteiger partial charge in [-0.05, 0) is 53.4 Å². The Balaban J connectivity index is 1.89. The third-order valence-electron chi connectivity index (χ3n) is 6.95. The van der Waals surface area contributed by atoms with Crippen molar-refractivity contribution in [1.29, 1.82) is 0 Å². The average Bonchev–Trinajstić information content (AvgIpc) is 3.34.